The summed E-state index contributed by atoms with van der Waals surface area (Å²) in [6.07, 6.45) is -0.335. The van der Waals surface area contributed by atoms with Crippen LogP contribution in [0.3, 0.4) is 0 Å². The first-order valence-corrected chi connectivity index (χ1v) is 12.1. The van der Waals surface area contributed by atoms with Gasteiger partial charge in [-0.05, 0) is 49.2 Å². The van der Waals surface area contributed by atoms with Crippen LogP contribution in [-0.4, -0.2) is 33.5 Å². The first-order valence-electron chi connectivity index (χ1n) is 10.4. The molecule has 0 saturated heterocycles. The number of aromatic nitrogens is 3. The molecule has 0 bridgehead atoms. The summed E-state index contributed by atoms with van der Waals surface area (Å²) in [5.41, 5.74) is 0.473. The Bertz CT molecular complexity index is 1090. The number of hydrogen-bond acceptors (Lipinski definition) is 6. The fourth-order valence-corrected chi connectivity index (χ4v) is 4.17. The Balaban J connectivity index is 1.70. The molecule has 2 aromatic carbocycles. The maximum atomic E-state index is 12.5. The molecule has 1 amide bonds. The fourth-order valence-electron chi connectivity index (χ4n) is 3.07. The predicted molar refractivity (Wildman–Crippen MR) is 133 cm³/mol. The molecular formula is C23H26Cl2N4O3S. The number of nitrogens with zero attached hydrogens (tertiary/aromatic N) is 3. The molecule has 1 unspecified atom stereocenters. The van der Waals surface area contributed by atoms with Crippen molar-refractivity contribution < 1.29 is 14.3 Å². The molecule has 0 radical (unpaired) electrons. The van der Waals surface area contributed by atoms with Gasteiger partial charge in [0.05, 0.1) is 28.6 Å². The van der Waals surface area contributed by atoms with E-state index in [-0.39, 0.29) is 17.8 Å². The number of halogens is 2. The van der Waals surface area contributed by atoms with E-state index in [4.69, 9.17) is 32.7 Å². The Morgan fingerprint density at radius 3 is 2.45 bits per heavy atom. The molecule has 0 aliphatic rings. The second-order valence-corrected chi connectivity index (χ2v) is 9.45. The van der Waals surface area contributed by atoms with Crippen LogP contribution in [0.4, 0.5) is 5.69 Å². The van der Waals surface area contributed by atoms with Crippen LogP contribution in [-0.2, 0) is 11.3 Å². The number of ether oxygens (including phenoxy) is 2. The molecule has 3 rings (SSSR count). The van der Waals surface area contributed by atoms with Gasteiger partial charge in [0.15, 0.2) is 17.1 Å². The lowest BCUT2D eigenvalue weighted by molar-refractivity contribution is -0.113. The highest BCUT2D eigenvalue weighted by molar-refractivity contribution is 7.99. The average molecular weight is 509 g/mol. The highest BCUT2D eigenvalue weighted by Gasteiger charge is 2.21. The van der Waals surface area contributed by atoms with Crippen molar-refractivity contribution in [2.45, 2.75) is 38.6 Å². The molecule has 0 aliphatic heterocycles. The third-order valence-corrected chi connectivity index (χ3v) is 6.37. The Morgan fingerprint density at radius 2 is 1.79 bits per heavy atom. The number of carbonyl (C=O) groups excluding carboxylic acids is 1. The summed E-state index contributed by atoms with van der Waals surface area (Å²) in [4.78, 5) is 12.5. The number of amides is 1. The van der Waals surface area contributed by atoms with E-state index in [1.54, 1.807) is 25.3 Å². The quantitative estimate of drug-likeness (QED) is 0.332. The van der Waals surface area contributed by atoms with Gasteiger partial charge in [-0.2, -0.15) is 0 Å². The van der Waals surface area contributed by atoms with E-state index in [9.17, 15) is 4.79 Å². The normalized spacial score (nSPS) is 12.0. The van der Waals surface area contributed by atoms with Gasteiger partial charge >= 0.3 is 0 Å². The average Bonchev–Trinajstić information content (AvgIpc) is 3.18. The van der Waals surface area contributed by atoms with Gasteiger partial charge in [0.2, 0.25) is 5.91 Å². The summed E-state index contributed by atoms with van der Waals surface area (Å²) in [7, 11) is 1.62. The smallest absolute Gasteiger partial charge is 0.234 e. The summed E-state index contributed by atoms with van der Waals surface area (Å²) in [6.45, 7) is 6.85. The van der Waals surface area contributed by atoms with E-state index in [0.29, 0.717) is 44.9 Å². The molecule has 7 nitrogen and oxygen atoms in total. The standard InChI is InChI=1S/C23H26Cl2N4O3S/c1-14(2)12-29-22(15(3)32-17-10-8-16(31-4)9-11-17)27-28-23(29)33-13-20(30)26-19-7-5-6-18(24)21(19)25/h5-11,14-15H,12-13H2,1-4H3,(H,26,30). The molecule has 0 fully saturated rings. The molecule has 1 heterocycles. The van der Waals surface area contributed by atoms with Crippen molar-refractivity contribution in [2.24, 2.45) is 5.92 Å². The molecule has 1 N–H and O–H groups in total. The van der Waals surface area contributed by atoms with Crippen LogP contribution in [0, 0.1) is 5.92 Å². The van der Waals surface area contributed by atoms with Crippen molar-refractivity contribution in [3.8, 4) is 11.5 Å². The summed E-state index contributed by atoms with van der Waals surface area (Å²) < 4.78 is 13.3. The summed E-state index contributed by atoms with van der Waals surface area (Å²) in [6, 6.07) is 12.5. The van der Waals surface area contributed by atoms with Gasteiger partial charge in [-0.25, -0.2) is 0 Å². The van der Waals surface area contributed by atoms with E-state index in [1.165, 1.54) is 11.8 Å². The van der Waals surface area contributed by atoms with Gasteiger partial charge in [-0.15, -0.1) is 10.2 Å². The van der Waals surface area contributed by atoms with Crippen LogP contribution < -0.4 is 14.8 Å². The van der Waals surface area contributed by atoms with E-state index < -0.39 is 0 Å². The van der Waals surface area contributed by atoms with Crippen LogP contribution in [0.2, 0.25) is 10.0 Å². The number of anilines is 1. The Kier molecular flexibility index (Phi) is 8.88. The Labute approximate surface area is 207 Å². The van der Waals surface area contributed by atoms with Crippen molar-refractivity contribution in [3.63, 3.8) is 0 Å². The number of hydrogen-bond donors (Lipinski definition) is 1. The fraction of sp³-hybridized carbons (Fsp3) is 0.348. The maximum absolute atomic E-state index is 12.5. The number of nitrogens with one attached hydrogen (secondary N) is 1. The Hall–Kier alpha value is -2.42. The SMILES string of the molecule is COc1ccc(OC(C)c2nnc(SCC(=O)Nc3cccc(Cl)c3Cl)n2CC(C)C)cc1. The van der Waals surface area contributed by atoms with Crippen molar-refractivity contribution in [1.29, 1.82) is 0 Å². The molecule has 1 aromatic heterocycles. The zero-order valence-electron chi connectivity index (χ0n) is 18.8. The van der Waals surface area contributed by atoms with Gasteiger partial charge in [0.1, 0.15) is 11.5 Å². The van der Waals surface area contributed by atoms with Crippen molar-refractivity contribution in [3.05, 3.63) is 58.3 Å². The molecule has 0 saturated carbocycles. The lowest BCUT2D eigenvalue weighted by Crippen LogP contribution is -2.17. The summed E-state index contributed by atoms with van der Waals surface area (Å²) >= 11 is 13.5. The van der Waals surface area contributed by atoms with E-state index >= 15 is 0 Å². The molecule has 176 valence electrons. The molecule has 3 aromatic rings. The molecule has 33 heavy (non-hydrogen) atoms. The largest absolute Gasteiger partial charge is 0.497 e. The molecular weight excluding hydrogens is 483 g/mol. The van der Waals surface area contributed by atoms with Gasteiger partial charge in [0, 0.05) is 6.54 Å². The van der Waals surface area contributed by atoms with Crippen molar-refractivity contribution in [2.75, 3.05) is 18.2 Å². The highest BCUT2D eigenvalue weighted by Crippen LogP contribution is 2.30. The number of thioether (sulfide) groups is 1. The number of carbonyl (C=O) groups is 1. The van der Waals surface area contributed by atoms with Crippen LogP contribution in [0.15, 0.2) is 47.6 Å². The highest BCUT2D eigenvalue weighted by atomic mass is 35.5. The van der Waals surface area contributed by atoms with Crippen molar-refractivity contribution in [1.82, 2.24) is 14.8 Å². The lowest BCUT2D eigenvalue weighted by Gasteiger charge is -2.18. The minimum atomic E-state index is -0.335. The zero-order valence-corrected chi connectivity index (χ0v) is 21.2. The number of benzene rings is 2. The minimum absolute atomic E-state index is 0.146. The van der Waals surface area contributed by atoms with Crippen molar-refractivity contribution >= 4 is 46.6 Å². The van der Waals surface area contributed by atoms with Gasteiger partial charge < -0.3 is 19.4 Å². The van der Waals surface area contributed by atoms with Gasteiger partial charge in [-0.1, -0.05) is 54.9 Å². The van der Waals surface area contributed by atoms with E-state index in [1.807, 2.05) is 35.8 Å². The van der Waals surface area contributed by atoms with Crippen LogP contribution in [0.25, 0.3) is 0 Å². The summed E-state index contributed by atoms with van der Waals surface area (Å²) in [5, 5.41) is 12.8. The molecule has 1 atom stereocenters. The minimum Gasteiger partial charge on any atom is -0.497 e. The lowest BCUT2D eigenvalue weighted by atomic mass is 10.2. The first kappa shape index (κ1) is 25.2. The molecule has 10 heteroatoms. The van der Waals surface area contributed by atoms with Crippen LogP contribution >= 0.6 is 35.0 Å². The van der Waals surface area contributed by atoms with E-state index in [2.05, 4.69) is 29.4 Å². The predicted octanol–water partition coefficient (Wildman–Crippen LogP) is 6.12. The van der Waals surface area contributed by atoms with Gasteiger partial charge in [0.25, 0.3) is 0 Å². The second-order valence-electron chi connectivity index (χ2n) is 7.72. The first-order chi connectivity index (χ1) is 15.8. The maximum Gasteiger partial charge on any atom is 0.234 e. The Morgan fingerprint density at radius 1 is 1.09 bits per heavy atom. The summed E-state index contributed by atoms with van der Waals surface area (Å²) in [5.74, 6) is 2.44. The molecule has 0 aliphatic carbocycles. The monoisotopic (exact) mass is 508 g/mol. The number of rotatable bonds is 10. The molecule has 0 spiro atoms. The van der Waals surface area contributed by atoms with E-state index in [0.717, 1.165) is 5.75 Å². The zero-order chi connectivity index (χ0) is 24.0. The third-order valence-electron chi connectivity index (χ3n) is 4.59. The third kappa shape index (κ3) is 6.79. The van der Waals surface area contributed by atoms with Crippen LogP contribution in [0.1, 0.15) is 32.7 Å². The number of methoxy groups -OCH3 is 1. The topological polar surface area (TPSA) is 78.3 Å². The van der Waals surface area contributed by atoms with Gasteiger partial charge in [-0.3, -0.25) is 4.79 Å². The van der Waals surface area contributed by atoms with Crippen LogP contribution in [0.5, 0.6) is 11.5 Å². The second kappa shape index (κ2) is 11.6.